The van der Waals surface area contributed by atoms with Crippen LogP contribution in [-0.2, 0) is 0 Å². The number of carbonyl (C=O) groups excluding carboxylic acids is 1. The molecule has 0 aliphatic rings. The molecule has 1 aromatic carbocycles. The molecule has 0 spiro atoms. The van der Waals surface area contributed by atoms with E-state index in [0.717, 1.165) is 0 Å². The monoisotopic (exact) mass is 212 g/mol. The molecule has 0 N–H and O–H groups in total. The van der Waals surface area contributed by atoms with Gasteiger partial charge in [0.15, 0.2) is 5.78 Å². The number of rotatable bonds is 5. The Labute approximate surface area is 88.1 Å². The predicted octanol–water partition coefficient (Wildman–Crippen LogP) is 3.55. The highest BCUT2D eigenvalue weighted by Crippen LogP contribution is 2.20. The Morgan fingerprint density at radius 3 is 2.33 bits per heavy atom. The molecule has 15 heavy (non-hydrogen) atoms. The Morgan fingerprint density at radius 2 is 1.87 bits per heavy atom. The van der Waals surface area contributed by atoms with Gasteiger partial charge in [-0.25, -0.2) is 8.78 Å². The van der Waals surface area contributed by atoms with Gasteiger partial charge in [-0.3, -0.25) is 4.79 Å². The average molecular weight is 212 g/mol. The van der Waals surface area contributed by atoms with Gasteiger partial charge in [-0.15, -0.1) is 0 Å². The number of Topliss-reactive ketones (excluding diaryl/α,β-unsaturated/α-hetero) is 1. The van der Waals surface area contributed by atoms with Crippen molar-refractivity contribution in [3.05, 3.63) is 35.9 Å². The number of carbonyl (C=O) groups is 1. The number of alkyl halides is 2. The number of benzene rings is 1. The van der Waals surface area contributed by atoms with E-state index in [1.165, 1.54) is 0 Å². The molecule has 0 saturated carbocycles. The summed E-state index contributed by atoms with van der Waals surface area (Å²) in [6.45, 7) is 1.68. The molecular formula is C12H14F2O. The summed E-state index contributed by atoms with van der Waals surface area (Å²) < 4.78 is 24.8. The van der Waals surface area contributed by atoms with Crippen LogP contribution in [0.25, 0.3) is 0 Å². The summed E-state index contributed by atoms with van der Waals surface area (Å²) in [4.78, 5) is 11.6. The SMILES string of the molecule is CCC(CC(=O)c1ccccc1)C(F)F. The quantitative estimate of drug-likeness (QED) is 0.682. The third-order valence-electron chi connectivity index (χ3n) is 2.42. The van der Waals surface area contributed by atoms with Crippen LogP contribution in [0, 0.1) is 5.92 Å². The second-order valence-corrected chi connectivity index (χ2v) is 3.50. The van der Waals surface area contributed by atoms with Gasteiger partial charge < -0.3 is 0 Å². The Morgan fingerprint density at radius 1 is 1.27 bits per heavy atom. The molecule has 3 heteroatoms. The number of ketones is 1. The molecule has 1 aromatic rings. The van der Waals surface area contributed by atoms with E-state index in [1.54, 1.807) is 37.3 Å². The second kappa shape index (κ2) is 5.59. The van der Waals surface area contributed by atoms with Crippen LogP contribution in [0.3, 0.4) is 0 Å². The lowest BCUT2D eigenvalue weighted by Gasteiger charge is -2.12. The lowest BCUT2D eigenvalue weighted by Crippen LogP contribution is -2.15. The van der Waals surface area contributed by atoms with E-state index < -0.39 is 12.3 Å². The maximum atomic E-state index is 12.4. The summed E-state index contributed by atoms with van der Waals surface area (Å²) in [6, 6.07) is 8.56. The molecule has 0 fully saturated rings. The lowest BCUT2D eigenvalue weighted by molar-refractivity contribution is 0.0615. The maximum Gasteiger partial charge on any atom is 0.241 e. The average Bonchev–Trinajstić information content (AvgIpc) is 2.26. The predicted molar refractivity (Wildman–Crippen MR) is 55.2 cm³/mol. The molecular weight excluding hydrogens is 198 g/mol. The molecule has 82 valence electrons. The first-order valence-electron chi connectivity index (χ1n) is 5.01. The van der Waals surface area contributed by atoms with Crippen molar-refractivity contribution in [1.82, 2.24) is 0 Å². The number of hydrogen-bond donors (Lipinski definition) is 0. The summed E-state index contributed by atoms with van der Waals surface area (Å²) in [7, 11) is 0. The summed E-state index contributed by atoms with van der Waals surface area (Å²) >= 11 is 0. The normalized spacial score (nSPS) is 12.8. The van der Waals surface area contributed by atoms with Crippen LogP contribution in [0.15, 0.2) is 30.3 Å². The van der Waals surface area contributed by atoms with Gasteiger partial charge in [-0.2, -0.15) is 0 Å². The zero-order chi connectivity index (χ0) is 11.3. The molecule has 1 nitrogen and oxygen atoms in total. The van der Waals surface area contributed by atoms with E-state index in [1.807, 2.05) is 0 Å². The van der Waals surface area contributed by atoms with E-state index >= 15 is 0 Å². The van der Waals surface area contributed by atoms with Crippen molar-refractivity contribution >= 4 is 5.78 Å². The van der Waals surface area contributed by atoms with Gasteiger partial charge >= 0.3 is 0 Å². The van der Waals surface area contributed by atoms with E-state index in [-0.39, 0.29) is 12.2 Å². The van der Waals surface area contributed by atoms with Crippen LogP contribution in [0.2, 0.25) is 0 Å². The first-order valence-corrected chi connectivity index (χ1v) is 5.01. The molecule has 0 heterocycles. The van der Waals surface area contributed by atoms with Gasteiger partial charge in [0.1, 0.15) is 0 Å². The fourth-order valence-electron chi connectivity index (χ4n) is 1.39. The van der Waals surface area contributed by atoms with Crippen molar-refractivity contribution in [3.8, 4) is 0 Å². The molecule has 0 bridgehead atoms. The molecule has 0 amide bonds. The first kappa shape index (κ1) is 11.8. The number of halogens is 2. The molecule has 0 aromatic heterocycles. The minimum Gasteiger partial charge on any atom is -0.294 e. The summed E-state index contributed by atoms with van der Waals surface area (Å²) in [5.41, 5.74) is 0.511. The van der Waals surface area contributed by atoms with Crippen LogP contribution in [-0.4, -0.2) is 12.2 Å². The maximum absolute atomic E-state index is 12.4. The van der Waals surface area contributed by atoms with Crippen molar-refractivity contribution in [3.63, 3.8) is 0 Å². The minimum atomic E-state index is -2.41. The highest BCUT2D eigenvalue weighted by atomic mass is 19.3. The summed E-state index contributed by atoms with van der Waals surface area (Å²) in [5.74, 6) is -1.03. The highest BCUT2D eigenvalue weighted by Gasteiger charge is 2.21. The van der Waals surface area contributed by atoms with Gasteiger partial charge in [-0.1, -0.05) is 37.3 Å². The van der Waals surface area contributed by atoms with E-state index in [9.17, 15) is 13.6 Å². The van der Waals surface area contributed by atoms with E-state index in [0.29, 0.717) is 12.0 Å². The minimum absolute atomic E-state index is 0.0713. The second-order valence-electron chi connectivity index (χ2n) is 3.50. The Hall–Kier alpha value is -1.25. The van der Waals surface area contributed by atoms with Crippen LogP contribution in [0.1, 0.15) is 30.1 Å². The van der Waals surface area contributed by atoms with Crippen molar-refractivity contribution in [2.45, 2.75) is 26.2 Å². The molecule has 1 unspecified atom stereocenters. The smallest absolute Gasteiger partial charge is 0.241 e. The summed E-state index contributed by atoms with van der Waals surface area (Å²) in [5, 5.41) is 0. The van der Waals surface area contributed by atoms with Crippen molar-refractivity contribution in [2.75, 3.05) is 0 Å². The molecule has 0 saturated heterocycles. The van der Waals surface area contributed by atoms with Gasteiger partial charge in [-0.05, 0) is 6.42 Å². The van der Waals surface area contributed by atoms with Crippen molar-refractivity contribution in [2.24, 2.45) is 5.92 Å². The van der Waals surface area contributed by atoms with Crippen molar-refractivity contribution < 1.29 is 13.6 Å². The fourth-order valence-corrected chi connectivity index (χ4v) is 1.39. The molecule has 0 aliphatic heterocycles. The first-order chi connectivity index (χ1) is 7.15. The zero-order valence-corrected chi connectivity index (χ0v) is 8.62. The Balaban J connectivity index is 2.63. The third-order valence-corrected chi connectivity index (χ3v) is 2.42. The van der Waals surface area contributed by atoms with Crippen molar-refractivity contribution in [1.29, 1.82) is 0 Å². The molecule has 1 rings (SSSR count). The van der Waals surface area contributed by atoms with Gasteiger partial charge in [0.25, 0.3) is 0 Å². The van der Waals surface area contributed by atoms with E-state index in [2.05, 4.69) is 0 Å². The molecule has 1 atom stereocenters. The van der Waals surface area contributed by atoms with Crippen LogP contribution >= 0.6 is 0 Å². The Bertz CT molecular complexity index is 309. The third kappa shape index (κ3) is 3.42. The fraction of sp³-hybridized carbons (Fsp3) is 0.417. The lowest BCUT2D eigenvalue weighted by atomic mass is 9.96. The van der Waals surface area contributed by atoms with Crippen LogP contribution in [0.5, 0.6) is 0 Å². The largest absolute Gasteiger partial charge is 0.294 e. The highest BCUT2D eigenvalue weighted by molar-refractivity contribution is 5.96. The Kier molecular flexibility index (Phi) is 4.40. The summed E-state index contributed by atoms with van der Waals surface area (Å²) in [6.07, 6.45) is -2.16. The molecule has 0 aliphatic carbocycles. The van der Waals surface area contributed by atoms with Crippen LogP contribution in [0.4, 0.5) is 8.78 Å². The van der Waals surface area contributed by atoms with Gasteiger partial charge in [0.05, 0.1) is 0 Å². The van der Waals surface area contributed by atoms with E-state index in [4.69, 9.17) is 0 Å². The van der Waals surface area contributed by atoms with Gasteiger partial charge in [0, 0.05) is 17.9 Å². The topological polar surface area (TPSA) is 17.1 Å². The molecule has 0 radical (unpaired) electrons. The van der Waals surface area contributed by atoms with Gasteiger partial charge in [0.2, 0.25) is 6.43 Å². The standard InChI is InChI=1S/C12H14F2O/c1-2-9(12(13)14)8-11(15)10-6-4-3-5-7-10/h3-7,9,12H,2,8H2,1H3. The van der Waals surface area contributed by atoms with Crippen LogP contribution < -0.4 is 0 Å². The number of hydrogen-bond acceptors (Lipinski definition) is 1. The zero-order valence-electron chi connectivity index (χ0n) is 8.62.